The molecular weight excluding hydrogens is 374 g/mol. The van der Waals surface area contributed by atoms with Gasteiger partial charge in [0.15, 0.2) is 0 Å². The third-order valence-corrected chi connectivity index (χ3v) is 4.84. The fourth-order valence-electron chi connectivity index (χ4n) is 3.53. The highest BCUT2D eigenvalue weighted by molar-refractivity contribution is 5.85. The maximum Gasteiger partial charge on any atom is 0.119 e. The van der Waals surface area contributed by atoms with Crippen molar-refractivity contribution in [3.63, 3.8) is 0 Å². The van der Waals surface area contributed by atoms with Crippen molar-refractivity contribution in [3.05, 3.63) is 59.7 Å². The summed E-state index contributed by atoms with van der Waals surface area (Å²) < 4.78 is 11.5. The molecule has 0 radical (unpaired) electrons. The quantitative estimate of drug-likeness (QED) is 0.647. The predicted octanol–water partition coefficient (Wildman–Crippen LogP) is 4.17. The molecule has 0 saturated heterocycles. The van der Waals surface area contributed by atoms with Crippen molar-refractivity contribution in [3.8, 4) is 11.5 Å². The SMILES string of the molecule is CC(C)Oc1ccc2c(c1)CC(NC[C@H](O)COc1ccccc1)CCC2.Cl. The molecule has 0 aromatic heterocycles. The number of aliphatic hydroxyl groups excluding tert-OH is 1. The lowest BCUT2D eigenvalue weighted by atomic mass is 10.0. The largest absolute Gasteiger partial charge is 0.491 e. The fourth-order valence-corrected chi connectivity index (χ4v) is 3.53. The molecule has 1 aliphatic carbocycles. The molecule has 0 heterocycles. The van der Waals surface area contributed by atoms with E-state index in [0.717, 1.165) is 37.2 Å². The van der Waals surface area contributed by atoms with E-state index in [1.165, 1.54) is 11.1 Å². The second-order valence-electron chi connectivity index (χ2n) is 7.58. The number of ether oxygens (including phenoxy) is 2. The van der Waals surface area contributed by atoms with Gasteiger partial charge < -0.3 is 19.9 Å². The summed E-state index contributed by atoms with van der Waals surface area (Å²) in [5, 5.41) is 13.8. The minimum atomic E-state index is -0.525. The van der Waals surface area contributed by atoms with Gasteiger partial charge in [-0.25, -0.2) is 0 Å². The molecule has 2 atom stereocenters. The molecule has 154 valence electrons. The number of hydrogen-bond donors (Lipinski definition) is 2. The number of benzene rings is 2. The molecule has 2 aromatic rings. The molecule has 0 bridgehead atoms. The summed E-state index contributed by atoms with van der Waals surface area (Å²) in [5.74, 6) is 1.73. The van der Waals surface area contributed by atoms with Gasteiger partial charge in [-0.3, -0.25) is 0 Å². The van der Waals surface area contributed by atoms with E-state index in [1.807, 2.05) is 30.3 Å². The van der Waals surface area contributed by atoms with Gasteiger partial charge in [-0.1, -0.05) is 24.3 Å². The van der Waals surface area contributed by atoms with Crippen LogP contribution in [0.1, 0.15) is 37.8 Å². The van der Waals surface area contributed by atoms with Crippen molar-refractivity contribution in [2.75, 3.05) is 13.2 Å². The Bertz CT molecular complexity index is 708. The lowest BCUT2D eigenvalue weighted by Crippen LogP contribution is -2.39. The summed E-state index contributed by atoms with van der Waals surface area (Å²) in [6, 6.07) is 16.5. The minimum absolute atomic E-state index is 0. The van der Waals surface area contributed by atoms with Crippen LogP contribution in [-0.4, -0.2) is 36.5 Å². The van der Waals surface area contributed by atoms with E-state index in [0.29, 0.717) is 19.2 Å². The number of fused-ring (bicyclic) bond motifs is 1. The molecule has 2 aromatic carbocycles. The third kappa shape index (κ3) is 7.01. The monoisotopic (exact) mass is 405 g/mol. The van der Waals surface area contributed by atoms with Crippen LogP contribution in [0, 0.1) is 0 Å². The zero-order valence-electron chi connectivity index (χ0n) is 16.8. The Morgan fingerprint density at radius 2 is 1.86 bits per heavy atom. The van der Waals surface area contributed by atoms with Crippen molar-refractivity contribution in [1.29, 1.82) is 0 Å². The van der Waals surface area contributed by atoms with E-state index < -0.39 is 6.10 Å². The van der Waals surface area contributed by atoms with Crippen LogP contribution in [0.25, 0.3) is 0 Å². The number of hydrogen-bond acceptors (Lipinski definition) is 4. The van der Waals surface area contributed by atoms with Crippen molar-refractivity contribution in [2.24, 2.45) is 0 Å². The van der Waals surface area contributed by atoms with E-state index in [9.17, 15) is 5.11 Å². The molecule has 4 nitrogen and oxygen atoms in total. The standard InChI is InChI=1S/C23H31NO3.ClH/c1-17(2)27-23-12-11-18-7-6-8-20(13-19(18)14-23)24-15-21(25)16-26-22-9-4-3-5-10-22;/h3-5,9-12,14,17,20-21,24-25H,6-8,13,15-16H2,1-2H3;1H/t20?,21-;/m0./s1. The van der Waals surface area contributed by atoms with E-state index in [4.69, 9.17) is 9.47 Å². The van der Waals surface area contributed by atoms with Gasteiger partial charge in [-0.15, -0.1) is 12.4 Å². The first-order chi connectivity index (χ1) is 13.1. The fraction of sp³-hybridized carbons (Fsp3) is 0.478. The Morgan fingerprint density at radius 3 is 2.61 bits per heavy atom. The predicted molar refractivity (Wildman–Crippen MR) is 116 cm³/mol. The first-order valence-corrected chi connectivity index (χ1v) is 9.98. The smallest absolute Gasteiger partial charge is 0.119 e. The van der Waals surface area contributed by atoms with Gasteiger partial charge in [-0.05, 0) is 74.9 Å². The summed E-state index contributed by atoms with van der Waals surface area (Å²) in [6.45, 7) is 4.94. The van der Waals surface area contributed by atoms with Crippen LogP contribution in [0.3, 0.4) is 0 Å². The Hall–Kier alpha value is -1.75. The maximum absolute atomic E-state index is 10.2. The minimum Gasteiger partial charge on any atom is -0.491 e. The molecule has 28 heavy (non-hydrogen) atoms. The Kier molecular flexibility index (Phi) is 9.10. The van der Waals surface area contributed by atoms with Gasteiger partial charge in [-0.2, -0.15) is 0 Å². The second kappa shape index (κ2) is 11.3. The van der Waals surface area contributed by atoms with Crippen molar-refractivity contribution < 1.29 is 14.6 Å². The van der Waals surface area contributed by atoms with E-state index in [2.05, 4.69) is 37.4 Å². The highest BCUT2D eigenvalue weighted by Gasteiger charge is 2.18. The molecule has 0 saturated carbocycles. The zero-order chi connectivity index (χ0) is 19.1. The summed E-state index contributed by atoms with van der Waals surface area (Å²) >= 11 is 0. The number of para-hydroxylation sites is 1. The van der Waals surface area contributed by atoms with Crippen LogP contribution in [-0.2, 0) is 12.8 Å². The normalized spacial score (nSPS) is 17.2. The lowest BCUT2D eigenvalue weighted by Gasteiger charge is -2.20. The van der Waals surface area contributed by atoms with Crippen LogP contribution >= 0.6 is 12.4 Å². The Morgan fingerprint density at radius 1 is 1.07 bits per heavy atom. The zero-order valence-corrected chi connectivity index (χ0v) is 17.6. The number of aryl methyl sites for hydroxylation is 1. The van der Waals surface area contributed by atoms with Crippen LogP contribution < -0.4 is 14.8 Å². The summed E-state index contributed by atoms with van der Waals surface area (Å²) in [7, 11) is 0. The van der Waals surface area contributed by atoms with Crippen LogP contribution in [0.15, 0.2) is 48.5 Å². The van der Waals surface area contributed by atoms with Gasteiger partial charge in [0, 0.05) is 12.6 Å². The highest BCUT2D eigenvalue weighted by atomic mass is 35.5. The number of halogens is 1. The first kappa shape index (κ1) is 22.5. The molecule has 3 rings (SSSR count). The summed E-state index contributed by atoms with van der Waals surface area (Å²) in [4.78, 5) is 0. The molecule has 5 heteroatoms. The molecular formula is C23H32ClNO3. The van der Waals surface area contributed by atoms with Crippen LogP contribution in [0.5, 0.6) is 11.5 Å². The van der Waals surface area contributed by atoms with Gasteiger partial charge >= 0.3 is 0 Å². The molecule has 0 aliphatic heterocycles. The maximum atomic E-state index is 10.2. The average Bonchev–Trinajstić information content (AvgIpc) is 2.86. The van der Waals surface area contributed by atoms with Crippen molar-refractivity contribution >= 4 is 12.4 Å². The third-order valence-electron chi connectivity index (χ3n) is 4.84. The lowest BCUT2D eigenvalue weighted by molar-refractivity contribution is 0.103. The van der Waals surface area contributed by atoms with Crippen molar-refractivity contribution in [2.45, 2.75) is 57.8 Å². The molecule has 2 N–H and O–H groups in total. The number of nitrogens with one attached hydrogen (secondary N) is 1. The summed E-state index contributed by atoms with van der Waals surface area (Å²) in [6.07, 6.45) is 4.00. The van der Waals surface area contributed by atoms with Crippen LogP contribution in [0.2, 0.25) is 0 Å². The van der Waals surface area contributed by atoms with Gasteiger partial charge in [0.2, 0.25) is 0 Å². The first-order valence-electron chi connectivity index (χ1n) is 9.98. The van der Waals surface area contributed by atoms with Crippen molar-refractivity contribution in [1.82, 2.24) is 5.32 Å². The van der Waals surface area contributed by atoms with Crippen LogP contribution in [0.4, 0.5) is 0 Å². The highest BCUT2D eigenvalue weighted by Crippen LogP contribution is 2.25. The molecule has 0 fully saturated rings. The topological polar surface area (TPSA) is 50.7 Å². The molecule has 0 amide bonds. The molecule has 1 aliphatic rings. The summed E-state index contributed by atoms with van der Waals surface area (Å²) in [5.41, 5.74) is 2.78. The van der Waals surface area contributed by atoms with Gasteiger partial charge in [0.25, 0.3) is 0 Å². The Labute approximate surface area is 174 Å². The molecule has 1 unspecified atom stereocenters. The second-order valence-corrected chi connectivity index (χ2v) is 7.58. The molecule has 0 spiro atoms. The van der Waals surface area contributed by atoms with Gasteiger partial charge in [0.05, 0.1) is 6.10 Å². The van der Waals surface area contributed by atoms with E-state index in [-0.39, 0.29) is 18.5 Å². The number of rotatable bonds is 8. The van der Waals surface area contributed by atoms with E-state index in [1.54, 1.807) is 0 Å². The Balaban J connectivity index is 0.00000280. The van der Waals surface area contributed by atoms with E-state index >= 15 is 0 Å². The van der Waals surface area contributed by atoms with Gasteiger partial charge in [0.1, 0.15) is 24.2 Å². The number of aliphatic hydroxyl groups is 1. The average molecular weight is 406 g/mol.